The van der Waals surface area contributed by atoms with Gasteiger partial charge < -0.3 is 20.4 Å². The van der Waals surface area contributed by atoms with Crippen molar-refractivity contribution in [1.82, 2.24) is 10.2 Å². The minimum absolute atomic E-state index is 0.734. The number of nitrogens with zero attached hydrogens (tertiary/aromatic N) is 1. The van der Waals surface area contributed by atoms with Gasteiger partial charge in [-0.3, -0.25) is 9.59 Å². The Bertz CT molecular complexity index is 334. The normalized spacial score (nSPS) is 10.4. The third-order valence-corrected chi connectivity index (χ3v) is 1.94. The Labute approximate surface area is 90.8 Å². The number of hydrogen-bond donors (Lipinski definition) is 3. The summed E-state index contributed by atoms with van der Waals surface area (Å²) in [6, 6.07) is 0. The van der Waals surface area contributed by atoms with Crippen LogP contribution in [0.2, 0.25) is 0 Å². The van der Waals surface area contributed by atoms with Crippen LogP contribution in [0.4, 0.5) is 0 Å². The van der Waals surface area contributed by atoms with Gasteiger partial charge in [-0.15, -0.1) is 0 Å². The fourth-order valence-electron chi connectivity index (χ4n) is 1.09. The first-order valence-electron chi connectivity index (χ1n) is 4.13. The van der Waals surface area contributed by atoms with Crippen LogP contribution in [0.5, 0.6) is 0 Å². The second-order valence-electron chi connectivity index (χ2n) is 3.14. The first-order chi connectivity index (χ1) is 7.22. The highest BCUT2D eigenvalue weighted by atomic mass is 16.4. The van der Waals surface area contributed by atoms with Gasteiger partial charge >= 0.3 is 17.4 Å². The highest BCUT2D eigenvalue weighted by molar-refractivity contribution is 6.34. The maximum atomic E-state index is 11.6. The molecule has 0 heterocycles. The number of carboxylic acids is 2. The van der Waals surface area contributed by atoms with Gasteiger partial charge in [0.15, 0.2) is 0 Å². The van der Waals surface area contributed by atoms with Gasteiger partial charge in [-0.1, -0.05) is 0 Å². The molecule has 2 amide bonds. The predicted molar refractivity (Wildman–Crippen MR) is 50.5 cm³/mol. The Hall–Kier alpha value is -2.12. The van der Waals surface area contributed by atoms with Crippen molar-refractivity contribution in [2.24, 2.45) is 5.41 Å². The van der Waals surface area contributed by atoms with E-state index in [1.54, 1.807) is 0 Å². The maximum Gasteiger partial charge on any atom is 0.340 e. The van der Waals surface area contributed by atoms with Crippen LogP contribution in [0.15, 0.2) is 0 Å². The second kappa shape index (κ2) is 4.60. The molecule has 0 radical (unpaired) electrons. The molecular weight excluding hydrogens is 220 g/mol. The Morgan fingerprint density at radius 1 is 1.06 bits per heavy atom. The van der Waals surface area contributed by atoms with Gasteiger partial charge in [0, 0.05) is 21.1 Å². The molecule has 0 atom stereocenters. The lowest BCUT2D eigenvalue weighted by atomic mass is 9.85. The van der Waals surface area contributed by atoms with E-state index in [9.17, 15) is 19.2 Å². The first kappa shape index (κ1) is 13.9. The minimum atomic E-state index is -3.14. The Kier molecular flexibility index (Phi) is 3.99. The molecule has 0 aromatic heterocycles. The number of carboxylic acid groups (broad SMARTS) is 2. The lowest BCUT2D eigenvalue weighted by molar-refractivity contribution is -0.174. The average Bonchev–Trinajstić information content (AvgIpc) is 2.16. The summed E-state index contributed by atoms with van der Waals surface area (Å²) in [4.78, 5) is 45.5. The summed E-state index contributed by atoms with van der Waals surface area (Å²) in [5.74, 6) is -6.78. The highest BCUT2D eigenvalue weighted by Crippen LogP contribution is 2.21. The lowest BCUT2D eigenvalue weighted by Gasteiger charge is -2.24. The molecule has 8 heteroatoms. The smallest absolute Gasteiger partial charge is 0.340 e. The Morgan fingerprint density at radius 2 is 1.44 bits per heavy atom. The molecule has 0 aromatic rings. The van der Waals surface area contributed by atoms with Crippen LogP contribution < -0.4 is 5.32 Å². The highest BCUT2D eigenvalue weighted by Gasteiger charge is 2.61. The van der Waals surface area contributed by atoms with Gasteiger partial charge in [-0.05, 0) is 0 Å². The molecular formula is C8H12N2O6. The zero-order valence-corrected chi connectivity index (χ0v) is 8.97. The quantitative estimate of drug-likeness (QED) is 0.480. The molecule has 0 fully saturated rings. The predicted octanol–water partition coefficient (Wildman–Crippen LogP) is -2.02. The SMILES string of the molecule is CNC(=O)C(C(=O)O)(C(=O)O)C(=O)N(C)C. The molecule has 0 aliphatic carbocycles. The van der Waals surface area contributed by atoms with Crippen molar-refractivity contribution < 1.29 is 29.4 Å². The monoisotopic (exact) mass is 232 g/mol. The molecule has 0 bridgehead atoms. The molecule has 0 spiro atoms. The summed E-state index contributed by atoms with van der Waals surface area (Å²) >= 11 is 0. The van der Waals surface area contributed by atoms with Gasteiger partial charge in [0.05, 0.1) is 0 Å². The molecule has 0 saturated carbocycles. The first-order valence-corrected chi connectivity index (χ1v) is 4.13. The molecule has 0 aliphatic rings. The van der Waals surface area contributed by atoms with E-state index in [0.717, 1.165) is 26.0 Å². The van der Waals surface area contributed by atoms with E-state index in [1.165, 1.54) is 0 Å². The summed E-state index contributed by atoms with van der Waals surface area (Å²) < 4.78 is 0. The van der Waals surface area contributed by atoms with Crippen LogP contribution in [0.3, 0.4) is 0 Å². The van der Waals surface area contributed by atoms with Gasteiger partial charge in [0.25, 0.3) is 11.8 Å². The van der Waals surface area contributed by atoms with E-state index in [1.807, 2.05) is 5.32 Å². The van der Waals surface area contributed by atoms with Crippen molar-refractivity contribution in [1.29, 1.82) is 0 Å². The van der Waals surface area contributed by atoms with Gasteiger partial charge in [-0.25, -0.2) is 9.59 Å². The van der Waals surface area contributed by atoms with Crippen molar-refractivity contribution in [3.05, 3.63) is 0 Å². The van der Waals surface area contributed by atoms with E-state index in [0.29, 0.717) is 0 Å². The number of carbonyl (C=O) groups excluding carboxylic acids is 2. The summed E-state index contributed by atoms with van der Waals surface area (Å²) in [6.07, 6.45) is 0. The molecule has 90 valence electrons. The number of carbonyl (C=O) groups is 4. The van der Waals surface area contributed by atoms with E-state index in [4.69, 9.17) is 10.2 Å². The molecule has 3 N–H and O–H groups in total. The molecule has 0 aliphatic heterocycles. The Balaban J connectivity index is 5.83. The summed E-state index contributed by atoms with van der Waals surface area (Å²) in [6.45, 7) is 0. The standard InChI is InChI=1S/C8H12N2O6/c1-9-4(11)8(6(13)14,7(15)16)5(12)10(2)3/h1-3H3,(H,9,11)(H,13,14)(H,15,16). The lowest BCUT2D eigenvalue weighted by Crippen LogP contribution is -2.59. The van der Waals surface area contributed by atoms with E-state index in [2.05, 4.69) is 0 Å². The van der Waals surface area contributed by atoms with Crippen molar-refractivity contribution in [3.8, 4) is 0 Å². The number of amides is 2. The van der Waals surface area contributed by atoms with Crippen LogP contribution in [0.1, 0.15) is 0 Å². The molecule has 16 heavy (non-hydrogen) atoms. The Morgan fingerprint density at radius 3 is 1.62 bits per heavy atom. The molecule has 0 aromatic carbocycles. The third kappa shape index (κ3) is 1.81. The van der Waals surface area contributed by atoms with Crippen molar-refractivity contribution in [2.75, 3.05) is 21.1 Å². The fourth-order valence-corrected chi connectivity index (χ4v) is 1.09. The molecule has 0 unspecified atom stereocenters. The number of aliphatic carboxylic acids is 2. The largest absolute Gasteiger partial charge is 0.480 e. The van der Waals surface area contributed by atoms with Gasteiger partial charge in [-0.2, -0.15) is 0 Å². The maximum absolute atomic E-state index is 11.6. The van der Waals surface area contributed by atoms with Crippen molar-refractivity contribution >= 4 is 23.8 Å². The van der Waals surface area contributed by atoms with Gasteiger partial charge in [0.2, 0.25) is 0 Å². The fraction of sp³-hybridized carbons (Fsp3) is 0.500. The molecule has 0 saturated heterocycles. The number of nitrogens with one attached hydrogen (secondary N) is 1. The third-order valence-electron chi connectivity index (χ3n) is 1.94. The van der Waals surface area contributed by atoms with E-state index >= 15 is 0 Å². The minimum Gasteiger partial charge on any atom is -0.480 e. The second-order valence-corrected chi connectivity index (χ2v) is 3.14. The molecule has 8 nitrogen and oxygen atoms in total. The van der Waals surface area contributed by atoms with E-state index < -0.39 is 29.2 Å². The number of rotatable bonds is 4. The van der Waals surface area contributed by atoms with Crippen LogP contribution in [-0.2, 0) is 19.2 Å². The van der Waals surface area contributed by atoms with Crippen LogP contribution >= 0.6 is 0 Å². The topological polar surface area (TPSA) is 124 Å². The zero-order valence-electron chi connectivity index (χ0n) is 8.97. The zero-order chi connectivity index (χ0) is 13.1. The van der Waals surface area contributed by atoms with Crippen LogP contribution in [-0.4, -0.2) is 60.0 Å². The van der Waals surface area contributed by atoms with Crippen molar-refractivity contribution in [3.63, 3.8) is 0 Å². The number of hydrogen-bond acceptors (Lipinski definition) is 4. The summed E-state index contributed by atoms with van der Waals surface area (Å²) in [5.41, 5.74) is -3.14. The summed E-state index contributed by atoms with van der Waals surface area (Å²) in [5, 5.41) is 19.5. The van der Waals surface area contributed by atoms with Crippen molar-refractivity contribution in [2.45, 2.75) is 0 Å². The van der Waals surface area contributed by atoms with Crippen LogP contribution in [0.25, 0.3) is 0 Å². The summed E-state index contributed by atoms with van der Waals surface area (Å²) in [7, 11) is 3.36. The van der Waals surface area contributed by atoms with E-state index in [-0.39, 0.29) is 0 Å². The van der Waals surface area contributed by atoms with Gasteiger partial charge in [0.1, 0.15) is 0 Å². The van der Waals surface area contributed by atoms with Crippen LogP contribution in [0, 0.1) is 5.41 Å². The molecule has 0 rings (SSSR count). The average molecular weight is 232 g/mol.